The van der Waals surface area contributed by atoms with Gasteiger partial charge in [0.05, 0.1) is 12.3 Å². The summed E-state index contributed by atoms with van der Waals surface area (Å²) in [4.78, 5) is 0.210. The minimum Gasteiger partial charge on any atom is -0.377 e. The second kappa shape index (κ2) is 4.52. The fourth-order valence-corrected chi connectivity index (χ4v) is 3.16. The summed E-state index contributed by atoms with van der Waals surface area (Å²) in [5, 5.41) is 6.18. The van der Waals surface area contributed by atoms with Crippen LogP contribution in [-0.2, 0) is 14.8 Å². The number of ether oxygens (including phenoxy) is 1. The number of hydrogen-bond donors (Lipinski definition) is 1. The third-order valence-electron chi connectivity index (χ3n) is 2.53. The predicted molar refractivity (Wildman–Crippen MR) is 57.4 cm³/mol. The monoisotopic (exact) mass is 245 g/mol. The summed E-state index contributed by atoms with van der Waals surface area (Å²) in [7, 11) is -3.42. The van der Waals surface area contributed by atoms with Crippen molar-refractivity contribution in [1.29, 1.82) is 0 Å². The standard InChI is InChI=1S/C9H15N3O3S/c1-8-7-12(3-2-4-15-8)16(13,14)9-5-10-11-6-9/h5-6,8H,2-4,7H2,1H3,(H,10,11). The van der Waals surface area contributed by atoms with E-state index < -0.39 is 10.0 Å². The summed E-state index contributed by atoms with van der Waals surface area (Å²) >= 11 is 0. The number of nitrogens with one attached hydrogen (secondary N) is 1. The smallest absolute Gasteiger partial charge is 0.246 e. The number of sulfonamides is 1. The highest BCUT2D eigenvalue weighted by Crippen LogP contribution is 2.17. The molecule has 0 amide bonds. The van der Waals surface area contributed by atoms with Gasteiger partial charge in [-0.05, 0) is 13.3 Å². The highest BCUT2D eigenvalue weighted by molar-refractivity contribution is 7.89. The molecule has 1 aliphatic rings. The van der Waals surface area contributed by atoms with E-state index in [4.69, 9.17) is 4.74 Å². The SMILES string of the molecule is CC1CN(S(=O)(=O)c2cn[nH]c2)CCCO1. The highest BCUT2D eigenvalue weighted by atomic mass is 32.2. The van der Waals surface area contributed by atoms with Crippen molar-refractivity contribution in [3.8, 4) is 0 Å². The van der Waals surface area contributed by atoms with Crippen molar-refractivity contribution >= 4 is 10.0 Å². The molecule has 1 aliphatic heterocycles. The van der Waals surface area contributed by atoms with Gasteiger partial charge < -0.3 is 4.74 Å². The molecule has 1 atom stereocenters. The average Bonchev–Trinajstić information content (AvgIpc) is 2.68. The van der Waals surface area contributed by atoms with Gasteiger partial charge in [-0.15, -0.1) is 0 Å². The molecule has 1 fully saturated rings. The number of nitrogens with zero attached hydrogens (tertiary/aromatic N) is 2. The molecule has 0 aromatic carbocycles. The quantitative estimate of drug-likeness (QED) is 0.808. The molecule has 1 aromatic heterocycles. The molecule has 1 saturated heterocycles. The lowest BCUT2D eigenvalue weighted by molar-refractivity contribution is 0.0752. The van der Waals surface area contributed by atoms with E-state index in [1.165, 1.54) is 16.7 Å². The third-order valence-corrected chi connectivity index (χ3v) is 4.36. The first-order valence-electron chi connectivity index (χ1n) is 5.21. The summed E-state index contributed by atoms with van der Waals surface area (Å²) in [6.07, 6.45) is 3.38. The molecule has 0 radical (unpaired) electrons. The Morgan fingerprint density at radius 2 is 2.44 bits per heavy atom. The van der Waals surface area contributed by atoms with Crippen molar-refractivity contribution in [1.82, 2.24) is 14.5 Å². The Morgan fingerprint density at radius 1 is 1.62 bits per heavy atom. The maximum absolute atomic E-state index is 12.2. The van der Waals surface area contributed by atoms with Gasteiger partial charge in [-0.3, -0.25) is 5.10 Å². The van der Waals surface area contributed by atoms with Gasteiger partial charge in [-0.1, -0.05) is 0 Å². The predicted octanol–water partition coefficient (Wildman–Crippen LogP) is 0.209. The van der Waals surface area contributed by atoms with Gasteiger partial charge in [0.25, 0.3) is 0 Å². The van der Waals surface area contributed by atoms with E-state index >= 15 is 0 Å². The van der Waals surface area contributed by atoms with E-state index in [1.54, 1.807) is 0 Å². The van der Waals surface area contributed by atoms with E-state index in [0.717, 1.165) is 6.42 Å². The van der Waals surface area contributed by atoms with Gasteiger partial charge >= 0.3 is 0 Å². The van der Waals surface area contributed by atoms with Crippen LogP contribution >= 0.6 is 0 Å². The number of aromatic nitrogens is 2. The minimum atomic E-state index is -3.42. The second-order valence-corrected chi connectivity index (χ2v) is 5.77. The molecule has 90 valence electrons. The van der Waals surface area contributed by atoms with E-state index in [9.17, 15) is 8.42 Å². The largest absolute Gasteiger partial charge is 0.377 e. The fourth-order valence-electron chi connectivity index (χ4n) is 1.70. The van der Waals surface area contributed by atoms with Crippen molar-refractivity contribution in [3.63, 3.8) is 0 Å². The van der Waals surface area contributed by atoms with Crippen molar-refractivity contribution in [2.24, 2.45) is 0 Å². The van der Waals surface area contributed by atoms with Crippen LogP contribution in [0.5, 0.6) is 0 Å². The molecule has 16 heavy (non-hydrogen) atoms. The Bertz CT molecular complexity index is 429. The maximum Gasteiger partial charge on any atom is 0.246 e. The second-order valence-electron chi connectivity index (χ2n) is 3.83. The maximum atomic E-state index is 12.2. The molecular weight excluding hydrogens is 230 g/mol. The topological polar surface area (TPSA) is 75.3 Å². The Kier molecular flexibility index (Phi) is 3.27. The normalized spacial score (nSPS) is 24.2. The van der Waals surface area contributed by atoms with Crippen molar-refractivity contribution in [2.45, 2.75) is 24.3 Å². The van der Waals surface area contributed by atoms with E-state index in [2.05, 4.69) is 10.2 Å². The molecule has 0 bridgehead atoms. The number of aromatic amines is 1. The van der Waals surface area contributed by atoms with Crippen LogP contribution in [0.1, 0.15) is 13.3 Å². The van der Waals surface area contributed by atoms with Gasteiger partial charge in [-0.25, -0.2) is 8.42 Å². The van der Waals surface area contributed by atoms with E-state index in [-0.39, 0.29) is 11.0 Å². The van der Waals surface area contributed by atoms with E-state index in [0.29, 0.717) is 19.7 Å². The van der Waals surface area contributed by atoms with Crippen LogP contribution in [0.3, 0.4) is 0 Å². The van der Waals surface area contributed by atoms with Crippen molar-refractivity contribution in [2.75, 3.05) is 19.7 Å². The Balaban J connectivity index is 2.23. The molecule has 1 aromatic rings. The van der Waals surface area contributed by atoms with Crippen LogP contribution < -0.4 is 0 Å². The first kappa shape index (κ1) is 11.6. The number of rotatable bonds is 2. The Labute approximate surface area is 94.6 Å². The zero-order chi connectivity index (χ0) is 11.6. The minimum absolute atomic E-state index is 0.0656. The van der Waals surface area contributed by atoms with Crippen LogP contribution in [0.2, 0.25) is 0 Å². The molecule has 2 rings (SSSR count). The molecule has 7 heteroatoms. The first-order chi connectivity index (χ1) is 7.60. The Hall–Kier alpha value is -0.920. The van der Waals surface area contributed by atoms with Crippen molar-refractivity contribution < 1.29 is 13.2 Å². The van der Waals surface area contributed by atoms with Crippen LogP contribution in [0, 0.1) is 0 Å². The van der Waals surface area contributed by atoms with Gasteiger partial charge in [0, 0.05) is 25.9 Å². The van der Waals surface area contributed by atoms with Gasteiger partial charge in [0.1, 0.15) is 4.90 Å². The summed E-state index contributed by atoms with van der Waals surface area (Å²) in [5.74, 6) is 0. The molecule has 0 saturated carbocycles. The zero-order valence-corrected chi connectivity index (χ0v) is 9.90. The number of hydrogen-bond acceptors (Lipinski definition) is 4. The van der Waals surface area contributed by atoms with Crippen LogP contribution in [0.15, 0.2) is 17.3 Å². The van der Waals surface area contributed by atoms with E-state index in [1.807, 2.05) is 6.92 Å². The lowest BCUT2D eigenvalue weighted by Crippen LogP contribution is -2.35. The highest BCUT2D eigenvalue weighted by Gasteiger charge is 2.28. The lowest BCUT2D eigenvalue weighted by atomic mass is 10.4. The molecule has 1 N–H and O–H groups in total. The molecule has 0 aliphatic carbocycles. The molecule has 0 spiro atoms. The number of H-pyrrole nitrogens is 1. The Morgan fingerprint density at radius 3 is 3.12 bits per heavy atom. The average molecular weight is 245 g/mol. The van der Waals surface area contributed by atoms with Gasteiger partial charge in [0.15, 0.2) is 0 Å². The summed E-state index contributed by atoms with van der Waals surface area (Å²) < 4.78 is 31.2. The summed E-state index contributed by atoms with van der Waals surface area (Å²) in [6.45, 7) is 3.38. The molecule has 6 nitrogen and oxygen atoms in total. The van der Waals surface area contributed by atoms with Gasteiger partial charge in [0.2, 0.25) is 10.0 Å². The summed E-state index contributed by atoms with van der Waals surface area (Å²) in [5.41, 5.74) is 0. The molecule has 2 heterocycles. The summed E-state index contributed by atoms with van der Waals surface area (Å²) in [6, 6.07) is 0. The third kappa shape index (κ3) is 2.26. The zero-order valence-electron chi connectivity index (χ0n) is 9.09. The van der Waals surface area contributed by atoms with Crippen LogP contribution in [0.25, 0.3) is 0 Å². The lowest BCUT2D eigenvalue weighted by Gasteiger charge is -2.20. The molecular formula is C9H15N3O3S. The fraction of sp³-hybridized carbons (Fsp3) is 0.667. The van der Waals surface area contributed by atoms with Crippen LogP contribution in [0.4, 0.5) is 0 Å². The van der Waals surface area contributed by atoms with Crippen molar-refractivity contribution in [3.05, 3.63) is 12.4 Å². The molecule has 1 unspecified atom stereocenters. The van der Waals surface area contributed by atoms with Crippen LogP contribution in [-0.4, -0.2) is 48.7 Å². The first-order valence-corrected chi connectivity index (χ1v) is 6.65. The van der Waals surface area contributed by atoms with Gasteiger partial charge in [-0.2, -0.15) is 9.40 Å².